The zero-order chi connectivity index (χ0) is 17.7. The standard InChI is InChI=1S/C15H17N3O5S/c1-3-16-15(22)18-13(20)8(2)23-14(21)9-4-5-11-10(6-9)17-12(19)7-24-11/h4-6,8H,3,7H2,1-2H3,(H,17,19)(H2,16,18,20,22). The summed E-state index contributed by atoms with van der Waals surface area (Å²) < 4.78 is 5.04. The number of urea groups is 1. The molecule has 0 aromatic heterocycles. The molecule has 1 atom stereocenters. The fourth-order valence-corrected chi connectivity index (χ4v) is 2.70. The maximum atomic E-state index is 12.1. The molecule has 1 heterocycles. The van der Waals surface area contributed by atoms with E-state index in [2.05, 4.69) is 16.0 Å². The summed E-state index contributed by atoms with van der Waals surface area (Å²) in [5.74, 6) is -1.27. The first kappa shape index (κ1) is 17.8. The number of ether oxygens (including phenoxy) is 1. The van der Waals surface area contributed by atoms with Gasteiger partial charge in [0.2, 0.25) is 5.91 Å². The minimum Gasteiger partial charge on any atom is -0.449 e. The summed E-state index contributed by atoms with van der Waals surface area (Å²) in [4.78, 5) is 47.4. The lowest BCUT2D eigenvalue weighted by Crippen LogP contribution is -2.44. The molecule has 1 unspecified atom stereocenters. The summed E-state index contributed by atoms with van der Waals surface area (Å²) in [7, 11) is 0. The molecule has 2 rings (SSSR count). The van der Waals surface area contributed by atoms with Gasteiger partial charge in [-0.25, -0.2) is 9.59 Å². The number of amides is 4. The summed E-state index contributed by atoms with van der Waals surface area (Å²) in [5, 5.41) is 7.14. The van der Waals surface area contributed by atoms with Crippen LogP contribution < -0.4 is 16.0 Å². The van der Waals surface area contributed by atoms with E-state index in [9.17, 15) is 19.2 Å². The molecule has 0 spiro atoms. The number of esters is 1. The van der Waals surface area contributed by atoms with Crippen molar-refractivity contribution in [2.75, 3.05) is 17.6 Å². The van der Waals surface area contributed by atoms with Gasteiger partial charge in [0.1, 0.15) is 0 Å². The minimum atomic E-state index is -1.14. The van der Waals surface area contributed by atoms with Gasteiger partial charge >= 0.3 is 12.0 Å². The maximum absolute atomic E-state index is 12.1. The molecule has 0 bridgehead atoms. The second-order valence-corrected chi connectivity index (χ2v) is 5.96. The third-order valence-electron chi connectivity index (χ3n) is 3.08. The number of thioether (sulfide) groups is 1. The summed E-state index contributed by atoms with van der Waals surface area (Å²) in [5.41, 5.74) is 0.735. The Kier molecular flexibility index (Phi) is 5.80. The molecule has 1 aliphatic heterocycles. The van der Waals surface area contributed by atoms with E-state index in [1.165, 1.54) is 24.8 Å². The van der Waals surface area contributed by atoms with Crippen LogP contribution in [0.25, 0.3) is 0 Å². The molecule has 1 aromatic carbocycles. The monoisotopic (exact) mass is 351 g/mol. The first-order chi connectivity index (χ1) is 11.4. The Hall–Kier alpha value is -2.55. The van der Waals surface area contributed by atoms with Crippen molar-refractivity contribution in [2.24, 2.45) is 0 Å². The highest BCUT2D eigenvalue weighted by Crippen LogP contribution is 2.32. The molecule has 1 aromatic rings. The van der Waals surface area contributed by atoms with Crippen molar-refractivity contribution in [1.82, 2.24) is 10.6 Å². The van der Waals surface area contributed by atoms with E-state index in [1.54, 1.807) is 19.1 Å². The van der Waals surface area contributed by atoms with Gasteiger partial charge in [-0.2, -0.15) is 0 Å². The Morgan fingerprint density at radius 1 is 1.38 bits per heavy atom. The zero-order valence-corrected chi connectivity index (χ0v) is 14.0. The molecular weight excluding hydrogens is 334 g/mol. The van der Waals surface area contributed by atoms with Crippen LogP contribution in [0.3, 0.4) is 0 Å². The molecule has 128 valence electrons. The first-order valence-electron chi connectivity index (χ1n) is 7.27. The highest BCUT2D eigenvalue weighted by molar-refractivity contribution is 8.00. The summed E-state index contributed by atoms with van der Waals surface area (Å²) >= 11 is 1.37. The van der Waals surface area contributed by atoms with E-state index < -0.39 is 24.0 Å². The third kappa shape index (κ3) is 4.48. The SMILES string of the molecule is CCNC(=O)NC(=O)C(C)OC(=O)c1ccc2c(c1)NC(=O)CS2. The van der Waals surface area contributed by atoms with E-state index in [1.807, 2.05) is 0 Å². The van der Waals surface area contributed by atoms with Gasteiger partial charge in [-0.15, -0.1) is 11.8 Å². The lowest BCUT2D eigenvalue weighted by molar-refractivity contribution is -0.127. The number of carbonyl (C=O) groups is 4. The Labute approximate surface area is 142 Å². The predicted octanol–water partition coefficient (Wildman–Crippen LogP) is 1.12. The summed E-state index contributed by atoms with van der Waals surface area (Å²) in [6.45, 7) is 3.44. The highest BCUT2D eigenvalue weighted by Gasteiger charge is 2.22. The van der Waals surface area contributed by atoms with Crippen LogP contribution in [-0.2, 0) is 14.3 Å². The zero-order valence-electron chi connectivity index (χ0n) is 13.2. The van der Waals surface area contributed by atoms with Gasteiger partial charge in [0.05, 0.1) is 17.0 Å². The molecule has 0 aliphatic carbocycles. The van der Waals surface area contributed by atoms with Crippen LogP contribution in [0.2, 0.25) is 0 Å². The van der Waals surface area contributed by atoms with Crippen LogP contribution in [0, 0.1) is 0 Å². The number of carbonyl (C=O) groups excluding carboxylic acids is 4. The fourth-order valence-electron chi connectivity index (χ4n) is 1.91. The smallest absolute Gasteiger partial charge is 0.338 e. The van der Waals surface area contributed by atoms with E-state index in [0.717, 1.165) is 4.90 Å². The van der Waals surface area contributed by atoms with Crippen LogP contribution in [0.4, 0.5) is 10.5 Å². The predicted molar refractivity (Wildman–Crippen MR) is 87.9 cm³/mol. The van der Waals surface area contributed by atoms with Crippen molar-refractivity contribution in [1.29, 1.82) is 0 Å². The number of hydrogen-bond acceptors (Lipinski definition) is 6. The average Bonchev–Trinajstić information content (AvgIpc) is 2.54. The molecule has 0 fully saturated rings. The minimum absolute atomic E-state index is 0.146. The van der Waals surface area contributed by atoms with Crippen LogP contribution in [0.1, 0.15) is 24.2 Å². The molecule has 0 saturated heterocycles. The number of benzene rings is 1. The average molecular weight is 351 g/mol. The van der Waals surface area contributed by atoms with Crippen LogP contribution in [0.15, 0.2) is 23.1 Å². The van der Waals surface area contributed by atoms with Crippen molar-refractivity contribution >= 4 is 41.3 Å². The van der Waals surface area contributed by atoms with Gasteiger partial charge in [0.25, 0.3) is 5.91 Å². The Balaban J connectivity index is 1.99. The third-order valence-corrected chi connectivity index (χ3v) is 4.15. The van der Waals surface area contributed by atoms with Gasteiger partial charge in [-0.1, -0.05) is 0 Å². The molecule has 9 heteroatoms. The normalized spacial score (nSPS) is 14.0. The van der Waals surface area contributed by atoms with Gasteiger partial charge in [-0.3, -0.25) is 14.9 Å². The lowest BCUT2D eigenvalue weighted by Gasteiger charge is -2.17. The van der Waals surface area contributed by atoms with E-state index in [4.69, 9.17) is 4.74 Å². The first-order valence-corrected chi connectivity index (χ1v) is 8.25. The van der Waals surface area contributed by atoms with Crippen molar-refractivity contribution < 1.29 is 23.9 Å². The van der Waals surface area contributed by atoms with Gasteiger partial charge < -0.3 is 15.4 Å². The number of anilines is 1. The van der Waals surface area contributed by atoms with Crippen LogP contribution in [-0.4, -0.2) is 42.2 Å². The van der Waals surface area contributed by atoms with Crippen LogP contribution >= 0.6 is 11.8 Å². The van der Waals surface area contributed by atoms with E-state index in [0.29, 0.717) is 18.0 Å². The Bertz CT molecular complexity index is 692. The van der Waals surface area contributed by atoms with Crippen molar-refractivity contribution in [2.45, 2.75) is 24.8 Å². The molecule has 1 aliphatic rings. The number of nitrogens with one attached hydrogen (secondary N) is 3. The summed E-state index contributed by atoms with van der Waals surface area (Å²) in [6.07, 6.45) is -1.14. The molecular formula is C15H17N3O5S. The molecule has 24 heavy (non-hydrogen) atoms. The molecule has 0 saturated carbocycles. The topological polar surface area (TPSA) is 114 Å². The van der Waals surface area contributed by atoms with Crippen molar-refractivity contribution in [3.05, 3.63) is 23.8 Å². The molecule has 8 nitrogen and oxygen atoms in total. The largest absolute Gasteiger partial charge is 0.449 e. The Morgan fingerprint density at radius 2 is 2.12 bits per heavy atom. The molecule has 3 N–H and O–H groups in total. The molecule has 4 amide bonds. The number of fused-ring (bicyclic) bond motifs is 1. The van der Waals surface area contributed by atoms with Crippen LogP contribution in [0.5, 0.6) is 0 Å². The Morgan fingerprint density at radius 3 is 2.83 bits per heavy atom. The number of hydrogen-bond donors (Lipinski definition) is 3. The number of imide groups is 1. The number of rotatable bonds is 4. The highest BCUT2D eigenvalue weighted by atomic mass is 32.2. The van der Waals surface area contributed by atoms with Gasteiger partial charge in [0, 0.05) is 11.4 Å². The van der Waals surface area contributed by atoms with E-state index >= 15 is 0 Å². The molecule has 0 radical (unpaired) electrons. The van der Waals surface area contributed by atoms with Gasteiger partial charge in [0.15, 0.2) is 6.10 Å². The second kappa shape index (κ2) is 7.82. The van der Waals surface area contributed by atoms with E-state index in [-0.39, 0.29) is 11.5 Å². The quantitative estimate of drug-likeness (QED) is 0.701. The summed E-state index contributed by atoms with van der Waals surface area (Å²) in [6, 6.07) is 4.10. The lowest BCUT2D eigenvalue weighted by atomic mass is 10.2. The van der Waals surface area contributed by atoms with Crippen molar-refractivity contribution in [3.8, 4) is 0 Å². The van der Waals surface area contributed by atoms with Crippen molar-refractivity contribution in [3.63, 3.8) is 0 Å². The van der Waals surface area contributed by atoms with Gasteiger partial charge in [-0.05, 0) is 32.0 Å². The second-order valence-electron chi connectivity index (χ2n) is 4.94. The maximum Gasteiger partial charge on any atom is 0.338 e. The fraction of sp³-hybridized carbons (Fsp3) is 0.333.